The molecule has 102 valence electrons. The van der Waals surface area contributed by atoms with Crippen molar-refractivity contribution < 1.29 is 0 Å². The van der Waals surface area contributed by atoms with Gasteiger partial charge in [-0.25, -0.2) is 0 Å². The van der Waals surface area contributed by atoms with E-state index in [1.807, 2.05) is 0 Å². The van der Waals surface area contributed by atoms with E-state index in [4.69, 9.17) is 0 Å². The molecule has 0 bridgehead atoms. The smallest absolute Gasteiger partial charge is 0.0688 e. The molecular formula is C18H20N2. The molecule has 2 aromatic rings. The topological polar surface area (TPSA) is 24.7 Å². The normalized spacial score (nSPS) is 11.6. The summed E-state index contributed by atoms with van der Waals surface area (Å²) < 4.78 is 0. The van der Waals surface area contributed by atoms with E-state index in [9.17, 15) is 0 Å². The molecule has 0 aromatic heterocycles. The van der Waals surface area contributed by atoms with Crippen LogP contribution < -0.4 is 0 Å². The van der Waals surface area contributed by atoms with E-state index in [0.717, 1.165) is 11.4 Å². The molecule has 0 amide bonds. The van der Waals surface area contributed by atoms with Crippen LogP contribution in [0.15, 0.2) is 46.4 Å². The van der Waals surface area contributed by atoms with E-state index < -0.39 is 0 Å². The van der Waals surface area contributed by atoms with Gasteiger partial charge in [0.2, 0.25) is 0 Å². The minimum atomic E-state index is 1.03. The average molecular weight is 264 g/mol. The van der Waals surface area contributed by atoms with Crippen molar-refractivity contribution in [1.29, 1.82) is 0 Å². The summed E-state index contributed by atoms with van der Waals surface area (Å²) in [6, 6.07) is 12.4. The molecule has 0 radical (unpaired) electrons. The fourth-order valence-electron chi connectivity index (χ4n) is 2.23. The summed E-state index contributed by atoms with van der Waals surface area (Å²) in [6.45, 7) is 8.29. The molecule has 20 heavy (non-hydrogen) atoms. The fraction of sp³-hybridized carbons (Fsp3) is 0.222. The molecule has 2 nitrogen and oxygen atoms in total. The Balaban J connectivity index is 2.20. The lowest BCUT2D eigenvalue weighted by atomic mass is 10.1. The average Bonchev–Trinajstić information content (AvgIpc) is 2.40. The van der Waals surface area contributed by atoms with Gasteiger partial charge in [0.25, 0.3) is 0 Å². The minimum absolute atomic E-state index is 1.03. The lowest BCUT2D eigenvalue weighted by Crippen LogP contribution is -1.83. The first-order chi connectivity index (χ1) is 9.59. The van der Waals surface area contributed by atoms with E-state index in [0.29, 0.717) is 0 Å². The Bertz CT molecular complexity index is 567. The summed E-state index contributed by atoms with van der Waals surface area (Å²) in [4.78, 5) is 9.01. The highest BCUT2D eigenvalue weighted by Crippen LogP contribution is 2.23. The highest BCUT2D eigenvalue weighted by molar-refractivity contribution is 6.17. The van der Waals surface area contributed by atoms with E-state index in [-0.39, 0.29) is 0 Å². The predicted octanol–water partition coefficient (Wildman–Crippen LogP) is 5.03. The minimum Gasteiger partial charge on any atom is -0.255 e. The molecule has 0 unspecified atom stereocenters. The van der Waals surface area contributed by atoms with E-state index in [1.165, 1.54) is 22.3 Å². The first-order valence-corrected chi connectivity index (χ1v) is 6.78. The van der Waals surface area contributed by atoms with Gasteiger partial charge < -0.3 is 0 Å². The van der Waals surface area contributed by atoms with Crippen molar-refractivity contribution in [2.24, 2.45) is 9.98 Å². The fourth-order valence-corrected chi connectivity index (χ4v) is 2.23. The Morgan fingerprint density at radius 3 is 1.20 bits per heavy atom. The van der Waals surface area contributed by atoms with Gasteiger partial charge in [-0.1, -0.05) is 36.4 Å². The van der Waals surface area contributed by atoms with Crippen LogP contribution in [-0.2, 0) is 0 Å². The zero-order valence-electron chi connectivity index (χ0n) is 12.5. The summed E-state index contributed by atoms with van der Waals surface area (Å²) >= 11 is 0. The molecule has 2 rings (SSSR count). The first kappa shape index (κ1) is 14.2. The van der Waals surface area contributed by atoms with Crippen LogP contribution in [0, 0.1) is 27.7 Å². The molecule has 0 spiro atoms. The third-order valence-corrected chi connectivity index (χ3v) is 3.35. The van der Waals surface area contributed by atoms with Crippen molar-refractivity contribution in [1.82, 2.24) is 0 Å². The van der Waals surface area contributed by atoms with Crippen molar-refractivity contribution in [3.05, 3.63) is 58.7 Å². The number of nitrogens with zero attached hydrogens (tertiary/aromatic N) is 2. The molecule has 0 fully saturated rings. The van der Waals surface area contributed by atoms with Crippen LogP contribution in [0.1, 0.15) is 22.3 Å². The summed E-state index contributed by atoms with van der Waals surface area (Å²) in [7, 11) is 0. The zero-order chi connectivity index (χ0) is 14.5. The second-order valence-corrected chi connectivity index (χ2v) is 5.04. The van der Waals surface area contributed by atoms with Crippen molar-refractivity contribution in [2.75, 3.05) is 0 Å². The quantitative estimate of drug-likeness (QED) is 0.695. The summed E-state index contributed by atoms with van der Waals surface area (Å²) in [5.41, 5.74) is 6.79. The summed E-state index contributed by atoms with van der Waals surface area (Å²) in [6.07, 6.45) is 3.53. The van der Waals surface area contributed by atoms with Gasteiger partial charge in [0.15, 0.2) is 0 Å². The molecule has 2 heteroatoms. The maximum atomic E-state index is 4.51. The van der Waals surface area contributed by atoms with Gasteiger partial charge in [-0.3, -0.25) is 9.98 Å². The monoisotopic (exact) mass is 264 g/mol. The van der Waals surface area contributed by atoms with E-state index in [1.54, 1.807) is 12.4 Å². The number of hydrogen-bond acceptors (Lipinski definition) is 2. The third kappa shape index (κ3) is 3.21. The highest BCUT2D eigenvalue weighted by atomic mass is 14.8. The largest absolute Gasteiger partial charge is 0.255 e. The Morgan fingerprint density at radius 1 is 0.600 bits per heavy atom. The van der Waals surface area contributed by atoms with Crippen molar-refractivity contribution in [3.63, 3.8) is 0 Å². The number of aliphatic imine (C=N–C) groups is 2. The second-order valence-electron chi connectivity index (χ2n) is 5.04. The van der Waals surface area contributed by atoms with E-state index >= 15 is 0 Å². The van der Waals surface area contributed by atoms with Crippen molar-refractivity contribution in [3.8, 4) is 0 Å². The Kier molecular flexibility index (Phi) is 4.46. The van der Waals surface area contributed by atoms with Gasteiger partial charge in [0, 0.05) is 12.4 Å². The molecule has 0 aliphatic carbocycles. The number of aryl methyl sites for hydroxylation is 4. The summed E-state index contributed by atoms with van der Waals surface area (Å²) in [5, 5.41) is 0. The predicted molar refractivity (Wildman–Crippen MR) is 88.1 cm³/mol. The molecule has 0 aliphatic heterocycles. The van der Waals surface area contributed by atoms with Gasteiger partial charge >= 0.3 is 0 Å². The lowest BCUT2D eigenvalue weighted by Gasteiger charge is -2.03. The molecule has 0 saturated heterocycles. The van der Waals surface area contributed by atoms with E-state index in [2.05, 4.69) is 74.1 Å². The third-order valence-electron chi connectivity index (χ3n) is 3.35. The molecule has 2 aromatic carbocycles. The molecule has 0 saturated carbocycles. The summed E-state index contributed by atoms with van der Waals surface area (Å²) in [5.74, 6) is 0. The SMILES string of the molecule is Cc1cccc(C)c1N=CC=Nc1c(C)cccc1C. The Labute approximate surface area is 120 Å². The Hall–Kier alpha value is -2.22. The van der Waals surface area contributed by atoms with Crippen LogP contribution in [0.4, 0.5) is 11.4 Å². The maximum absolute atomic E-state index is 4.51. The van der Waals surface area contributed by atoms with Gasteiger partial charge in [-0.05, 0) is 49.9 Å². The number of rotatable bonds is 3. The van der Waals surface area contributed by atoms with Crippen molar-refractivity contribution in [2.45, 2.75) is 27.7 Å². The molecule has 0 aliphatic rings. The van der Waals surface area contributed by atoms with Crippen LogP contribution in [0.5, 0.6) is 0 Å². The van der Waals surface area contributed by atoms with Crippen molar-refractivity contribution >= 4 is 23.8 Å². The van der Waals surface area contributed by atoms with Gasteiger partial charge in [-0.15, -0.1) is 0 Å². The molecular weight excluding hydrogens is 244 g/mol. The molecule has 0 atom stereocenters. The maximum Gasteiger partial charge on any atom is 0.0688 e. The van der Waals surface area contributed by atoms with Gasteiger partial charge in [0.05, 0.1) is 11.4 Å². The molecule has 0 N–H and O–H groups in total. The van der Waals surface area contributed by atoms with Crippen LogP contribution in [0.3, 0.4) is 0 Å². The van der Waals surface area contributed by atoms with Gasteiger partial charge in [-0.2, -0.15) is 0 Å². The van der Waals surface area contributed by atoms with Crippen LogP contribution >= 0.6 is 0 Å². The van der Waals surface area contributed by atoms with Gasteiger partial charge in [0.1, 0.15) is 0 Å². The number of hydrogen-bond donors (Lipinski definition) is 0. The first-order valence-electron chi connectivity index (χ1n) is 6.78. The molecule has 0 heterocycles. The van der Waals surface area contributed by atoms with Crippen LogP contribution in [-0.4, -0.2) is 12.4 Å². The van der Waals surface area contributed by atoms with Crippen LogP contribution in [0.2, 0.25) is 0 Å². The second kappa shape index (κ2) is 6.29. The van der Waals surface area contributed by atoms with Crippen LogP contribution in [0.25, 0.3) is 0 Å². The number of para-hydroxylation sites is 2. The number of benzene rings is 2. The lowest BCUT2D eigenvalue weighted by molar-refractivity contribution is 1.33. The zero-order valence-corrected chi connectivity index (χ0v) is 12.5. The highest BCUT2D eigenvalue weighted by Gasteiger charge is 1.99. The Morgan fingerprint density at radius 2 is 0.900 bits per heavy atom. The standard InChI is InChI=1S/C18H20N2/c1-13-7-5-8-14(2)17(13)19-11-12-20-18-15(3)9-6-10-16(18)4/h5-12H,1-4H3.